The van der Waals surface area contributed by atoms with Gasteiger partial charge in [-0.3, -0.25) is 9.59 Å². The molecule has 3 N–H and O–H groups in total. The van der Waals surface area contributed by atoms with Gasteiger partial charge in [0.05, 0.1) is 10.9 Å². The van der Waals surface area contributed by atoms with Gasteiger partial charge < -0.3 is 15.4 Å². The highest BCUT2D eigenvalue weighted by Crippen LogP contribution is 2.17. The predicted molar refractivity (Wildman–Crippen MR) is 102 cm³/mol. The van der Waals surface area contributed by atoms with E-state index < -0.39 is 41.1 Å². The lowest BCUT2D eigenvalue weighted by Gasteiger charge is -2.25. The number of amides is 1. The molecule has 0 saturated heterocycles. The molecule has 8 nitrogen and oxygen atoms in total. The van der Waals surface area contributed by atoms with E-state index in [0.29, 0.717) is 5.52 Å². The van der Waals surface area contributed by atoms with Gasteiger partial charge in [-0.2, -0.15) is 0 Å². The molecule has 27 heavy (non-hydrogen) atoms. The first kappa shape index (κ1) is 20.4. The van der Waals surface area contributed by atoms with E-state index in [2.05, 4.69) is 10.3 Å². The average Bonchev–Trinajstić information content (AvgIpc) is 2.56. The van der Waals surface area contributed by atoms with Crippen LogP contribution in [0.1, 0.15) is 40.2 Å². The van der Waals surface area contributed by atoms with Crippen LogP contribution >= 0.6 is 0 Å². The van der Waals surface area contributed by atoms with Crippen LogP contribution in [0.15, 0.2) is 33.9 Å². The second-order valence-electron chi connectivity index (χ2n) is 7.37. The van der Waals surface area contributed by atoms with Crippen LogP contribution in [0.2, 0.25) is 0 Å². The van der Waals surface area contributed by atoms with Gasteiger partial charge in [0.1, 0.15) is 12.1 Å². The molecule has 1 heterocycles. The standard InChI is InChI=1S/C19H25N3O5/c1-10(2)9-14(18(25)26)20-16(23)15(11(3)4)22-17(24)12-7-5-6-8-13(12)21-19(22)27/h5-8,10-11,14-15H,9H2,1-4H3,(H,20,23)(H,21,27)(H,25,26)/t14-,15+/m1/s1. The Hall–Kier alpha value is -2.90. The lowest BCUT2D eigenvalue weighted by Crippen LogP contribution is -2.50. The summed E-state index contributed by atoms with van der Waals surface area (Å²) in [5, 5.41) is 12.1. The Morgan fingerprint density at radius 3 is 2.33 bits per heavy atom. The smallest absolute Gasteiger partial charge is 0.329 e. The molecule has 1 aromatic heterocycles. The number of carbonyl (C=O) groups excluding carboxylic acids is 1. The third-order valence-electron chi connectivity index (χ3n) is 4.34. The molecule has 0 aliphatic rings. The van der Waals surface area contributed by atoms with E-state index in [-0.39, 0.29) is 17.7 Å². The summed E-state index contributed by atoms with van der Waals surface area (Å²) in [6.45, 7) is 7.09. The summed E-state index contributed by atoms with van der Waals surface area (Å²) in [6.07, 6.45) is 0.245. The third-order valence-corrected chi connectivity index (χ3v) is 4.34. The van der Waals surface area contributed by atoms with Crippen molar-refractivity contribution < 1.29 is 14.7 Å². The van der Waals surface area contributed by atoms with Crippen LogP contribution in [0, 0.1) is 11.8 Å². The molecule has 0 bridgehead atoms. The molecule has 146 valence electrons. The van der Waals surface area contributed by atoms with Crippen molar-refractivity contribution in [1.29, 1.82) is 0 Å². The molecule has 0 unspecified atom stereocenters. The van der Waals surface area contributed by atoms with E-state index in [1.165, 1.54) is 0 Å². The van der Waals surface area contributed by atoms with Crippen LogP contribution in [0.3, 0.4) is 0 Å². The number of nitrogens with one attached hydrogen (secondary N) is 2. The van der Waals surface area contributed by atoms with Crippen molar-refractivity contribution in [2.24, 2.45) is 11.8 Å². The molecule has 0 fully saturated rings. The number of aromatic amines is 1. The zero-order chi connectivity index (χ0) is 20.3. The van der Waals surface area contributed by atoms with E-state index in [1.54, 1.807) is 38.1 Å². The Morgan fingerprint density at radius 1 is 1.15 bits per heavy atom. The molecule has 2 rings (SSSR count). The lowest BCUT2D eigenvalue weighted by atomic mass is 10.00. The maximum absolute atomic E-state index is 12.8. The Kier molecular flexibility index (Phi) is 6.20. The molecule has 8 heteroatoms. The summed E-state index contributed by atoms with van der Waals surface area (Å²) in [4.78, 5) is 52.3. The second-order valence-corrected chi connectivity index (χ2v) is 7.37. The number of carboxylic acid groups (broad SMARTS) is 1. The summed E-state index contributed by atoms with van der Waals surface area (Å²) in [6, 6.07) is 4.32. The highest BCUT2D eigenvalue weighted by atomic mass is 16.4. The quantitative estimate of drug-likeness (QED) is 0.677. The normalized spacial score (nSPS) is 13.7. The minimum Gasteiger partial charge on any atom is -0.480 e. The zero-order valence-corrected chi connectivity index (χ0v) is 15.9. The van der Waals surface area contributed by atoms with Crippen LogP contribution in [0.25, 0.3) is 10.9 Å². The summed E-state index contributed by atoms with van der Waals surface area (Å²) in [5.74, 6) is -2.17. The number of carboxylic acids is 1. The number of para-hydroxylation sites is 1. The first-order valence-electron chi connectivity index (χ1n) is 8.90. The average molecular weight is 375 g/mol. The van der Waals surface area contributed by atoms with E-state index in [9.17, 15) is 24.3 Å². The highest BCUT2D eigenvalue weighted by Gasteiger charge is 2.31. The van der Waals surface area contributed by atoms with E-state index in [4.69, 9.17) is 0 Å². The van der Waals surface area contributed by atoms with Crippen LogP contribution in [-0.2, 0) is 9.59 Å². The predicted octanol–water partition coefficient (Wildman–Crippen LogP) is 1.50. The summed E-state index contributed by atoms with van der Waals surface area (Å²) in [5.41, 5.74) is -0.905. The fraction of sp³-hybridized carbons (Fsp3) is 0.474. The minimum atomic E-state index is -1.15. The molecule has 0 spiro atoms. The van der Waals surface area contributed by atoms with Crippen molar-refractivity contribution in [2.45, 2.75) is 46.2 Å². The van der Waals surface area contributed by atoms with Gasteiger partial charge >= 0.3 is 11.7 Å². The molecule has 1 amide bonds. The molecular weight excluding hydrogens is 350 g/mol. The van der Waals surface area contributed by atoms with Gasteiger partial charge in [-0.15, -0.1) is 0 Å². The Labute approximate surface area is 156 Å². The summed E-state index contributed by atoms with van der Waals surface area (Å²) >= 11 is 0. The van der Waals surface area contributed by atoms with Gasteiger partial charge in [0.15, 0.2) is 0 Å². The molecule has 2 aromatic rings. The molecule has 0 aliphatic carbocycles. The van der Waals surface area contributed by atoms with Gasteiger partial charge in [-0.1, -0.05) is 39.8 Å². The number of hydrogen-bond acceptors (Lipinski definition) is 4. The van der Waals surface area contributed by atoms with Gasteiger partial charge in [-0.05, 0) is 30.4 Å². The largest absolute Gasteiger partial charge is 0.480 e. The minimum absolute atomic E-state index is 0.0516. The molecule has 1 aromatic carbocycles. The molecule has 0 radical (unpaired) electrons. The van der Waals surface area contributed by atoms with Crippen molar-refractivity contribution >= 4 is 22.8 Å². The van der Waals surface area contributed by atoms with Crippen molar-refractivity contribution in [2.75, 3.05) is 0 Å². The topological polar surface area (TPSA) is 121 Å². The van der Waals surface area contributed by atoms with Crippen molar-refractivity contribution in [1.82, 2.24) is 14.9 Å². The number of nitrogens with zero attached hydrogens (tertiary/aromatic N) is 1. The number of H-pyrrole nitrogens is 1. The maximum Gasteiger partial charge on any atom is 0.329 e. The lowest BCUT2D eigenvalue weighted by molar-refractivity contribution is -0.143. The van der Waals surface area contributed by atoms with Crippen LogP contribution in [0.5, 0.6) is 0 Å². The van der Waals surface area contributed by atoms with Gasteiger partial charge in [0, 0.05) is 0 Å². The van der Waals surface area contributed by atoms with Crippen LogP contribution in [0.4, 0.5) is 0 Å². The van der Waals surface area contributed by atoms with Crippen LogP contribution in [-0.4, -0.2) is 32.6 Å². The number of carbonyl (C=O) groups is 2. The molecular formula is C19H25N3O5. The van der Waals surface area contributed by atoms with Crippen molar-refractivity contribution in [3.63, 3.8) is 0 Å². The van der Waals surface area contributed by atoms with Gasteiger partial charge in [0.25, 0.3) is 5.56 Å². The first-order chi connectivity index (χ1) is 12.6. The van der Waals surface area contributed by atoms with E-state index in [0.717, 1.165) is 4.57 Å². The first-order valence-corrected chi connectivity index (χ1v) is 8.90. The highest BCUT2D eigenvalue weighted by molar-refractivity contribution is 5.86. The number of fused-ring (bicyclic) bond motifs is 1. The number of hydrogen-bond donors (Lipinski definition) is 3. The monoisotopic (exact) mass is 375 g/mol. The Balaban J connectivity index is 2.50. The van der Waals surface area contributed by atoms with Crippen molar-refractivity contribution in [3.05, 3.63) is 45.1 Å². The number of rotatable bonds is 7. The van der Waals surface area contributed by atoms with Crippen LogP contribution < -0.4 is 16.6 Å². The van der Waals surface area contributed by atoms with Crippen molar-refractivity contribution in [3.8, 4) is 0 Å². The van der Waals surface area contributed by atoms with Gasteiger partial charge in [-0.25, -0.2) is 14.2 Å². The summed E-state index contributed by atoms with van der Waals surface area (Å²) in [7, 11) is 0. The van der Waals surface area contributed by atoms with Gasteiger partial charge in [0.2, 0.25) is 5.91 Å². The second kappa shape index (κ2) is 8.20. The van der Waals surface area contributed by atoms with E-state index >= 15 is 0 Å². The van der Waals surface area contributed by atoms with E-state index in [1.807, 2.05) is 13.8 Å². The SMILES string of the molecule is CC(C)C[C@@H](NC(=O)[C@H](C(C)C)n1c(=O)[nH]c2ccccc2c1=O)C(=O)O. The number of aliphatic carboxylic acids is 1. The summed E-state index contributed by atoms with van der Waals surface area (Å²) < 4.78 is 0.872. The molecule has 2 atom stereocenters. The third kappa shape index (κ3) is 4.45. The fourth-order valence-corrected chi connectivity index (χ4v) is 3.10. The zero-order valence-electron chi connectivity index (χ0n) is 15.9. The Morgan fingerprint density at radius 2 is 1.78 bits per heavy atom. The number of aromatic nitrogens is 2. The fourth-order valence-electron chi connectivity index (χ4n) is 3.10. The molecule has 0 aliphatic heterocycles. The Bertz CT molecular complexity index is 958. The number of benzene rings is 1. The molecule has 0 saturated carbocycles. The maximum atomic E-state index is 12.8.